The summed E-state index contributed by atoms with van der Waals surface area (Å²) >= 11 is 0. The number of phenols is 2. The van der Waals surface area contributed by atoms with Crippen LogP contribution in [0.5, 0.6) is 11.5 Å². The second-order valence-corrected chi connectivity index (χ2v) is 7.11. The average Bonchev–Trinajstić information content (AvgIpc) is 2.60. The largest absolute Gasteiger partial charge is 0.508 e. The van der Waals surface area contributed by atoms with Gasteiger partial charge in [0.25, 0.3) is 0 Å². The second kappa shape index (κ2) is 8.39. The van der Waals surface area contributed by atoms with Gasteiger partial charge in [-0.2, -0.15) is 0 Å². The molecule has 3 nitrogen and oxygen atoms in total. The van der Waals surface area contributed by atoms with Gasteiger partial charge in [-0.3, -0.25) is 4.90 Å². The highest BCUT2D eigenvalue weighted by Gasteiger charge is 2.23. The normalized spacial score (nSPS) is 14.2. The van der Waals surface area contributed by atoms with Crippen LogP contribution in [0.25, 0.3) is 0 Å². The molecule has 0 bridgehead atoms. The molecule has 1 atom stereocenters. The van der Waals surface area contributed by atoms with Crippen LogP contribution in [-0.2, 0) is 0 Å². The molecule has 2 rings (SSSR count). The number of benzene rings is 2. The Labute approximate surface area is 154 Å². The smallest absolute Gasteiger partial charge is 0.119 e. The summed E-state index contributed by atoms with van der Waals surface area (Å²) in [7, 11) is 0. The van der Waals surface area contributed by atoms with Crippen molar-refractivity contribution in [1.29, 1.82) is 0 Å². The Hall–Kier alpha value is -2.00. The monoisotopic (exact) mass is 343 g/mol. The zero-order chi connectivity index (χ0) is 20.1. The fourth-order valence-electron chi connectivity index (χ4n) is 3.53. The lowest BCUT2D eigenvalue weighted by molar-refractivity contribution is 0.170. The van der Waals surface area contributed by atoms with E-state index in [-0.39, 0.29) is 23.0 Å². The van der Waals surface area contributed by atoms with Crippen LogP contribution in [0.1, 0.15) is 59.5 Å². The first-order chi connectivity index (χ1) is 12.7. The van der Waals surface area contributed by atoms with E-state index in [9.17, 15) is 10.2 Å². The summed E-state index contributed by atoms with van der Waals surface area (Å²) in [5.74, 6) is -0.281. The molecule has 0 aliphatic rings. The van der Waals surface area contributed by atoms with Gasteiger partial charge in [-0.05, 0) is 70.8 Å². The molecule has 3 heteroatoms. The molecule has 0 radical (unpaired) electrons. The minimum absolute atomic E-state index is 0.0294. The molecule has 0 spiro atoms. The maximum absolute atomic E-state index is 10.6. The van der Waals surface area contributed by atoms with Crippen molar-refractivity contribution in [1.82, 2.24) is 4.90 Å². The molecule has 0 aliphatic carbocycles. The third kappa shape index (κ3) is 4.55. The zero-order valence-corrected chi connectivity index (χ0v) is 15.6. The van der Waals surface area contributed by atoms with Crippen molar-refractivity contribution in [3.8, 4) is 11.5 Å². The van der Waals surface area contributed by atoms with E-state index in [1.54, 1.807) is 0 Å². The first-order valence-corrected chi connectivity index (χ1v) is 8.93. The lowest BCUT2D eigenvalue weighted by atomic mass is 9.84. The van der Waals surface area contributed by atoms with Crippen LogP contribution < -0.4 is 0 Å². The summed E-state index contributed by atoms with van der Waals surface area (Å²) in [6.45, 7) is 8.10. The second-order valence-electron chi connectivity index (χ2n) is 7.11. The minimum Gasteiger partial charge on any atom is -0.508 e. The number of rotatable bonds is 7. The molecule has 0 fully saturated rings. The van der Waals surface area contributed by atoms with Gasteiger partial charge in [-0.25, -0.2) is 0 Å². The molecular formula is C22H31NO2. The minimum atomic E-state index is -1.37. The summed E-state index contributed by atoms with van der Waals surface area (Å²) in [6.07, 6.45) is 0.719. The number of phenolic OH excluding ortho intramolecular Hbond substituents is 2. The third-order valence-corrected chi connectivity index (χ3v) is 4.79. The Kier molecular flexibility index (Phi) is 5.53. The van der Waals surface area contributed by atoms with E-state index in [1.807, 2.05) is 30.3 Å². The summed E-state index contributed by atoms with van der Waals surface area (Å²) in [4.78, 5) is 2.38. The van der Waals surface area contributed by atoms with Gasteiger partial charge in [0.05, 0.1) is 0 Å². The Morgan fingerprint density at radius 2 is 1.52 bits per heavy atom. The van der Waals surface area contributed by atoms with E-state index in [4.69, 9.17) is 2.74 Å². The van der Waals surface area contributed by atoms with Crippen molar-refractivity contribution in [2.24, 2.45) is 0 Å². The maximum Gasteiger partial charge on any atom is 0.119 e. The van der Waals surface area contributed by atoms with Crippen LogP contribution in [0, 0.1) is 6.88 Å². The van der Waals surface area contributed by atoms with Crippen LogP contribution in [0.2, 0.25) is 0 Å². The van der Waals surface area contributed by atoms with Gasteiger partial charge in [-0.15, -0.1) is 0 Å². The molecule has 25 heavy (non-hydrogen) atoms. The Balaban J connectivity index is 2.51. The highest BCUT2D eigenvalue weighted by Crippen LogP contribution is 2.39. The molecule has 136 valence electrons. The average molecular weight is 344 g/mol. The SMILES string of the molecule is [2H]C([2H])c1c(O)ccc(O)c1C(CCN(C(C)C)C(C)C)c1ccccc1. The van der Waals surface area contributed by atoms with Crippen molar-refractivity contribution in [3.63, 3.8) is 0 Å². The molecule has 0 aliphatic heterocycles. The van der Waals surface area contributed by atoms with Crippen molar-refractivity contribution in [2.45, 2.75) is 59.0 Å². The zero-order valence-electron chi connectivity index (χ0n) is 17.6. The van der Waals surface area contributed by atoms with Crippen molar-refractivity contribution < 1.29 is 13.0 Å². The molecule has 0 saturated heterocycles. The number of hydrogen-bond acceptors (Lipinski definition) is 3. The van der Waals surface area contributed by atoms with Crippen LogP contribution in [-0.4, -0.2) is 33.7 Å². The van der Waals surface area contributed by atoms with Crippen LogP contribution >= 0.6 is 0 Å². The lowest BCUT2D eigenvalue weighted by Crippen LogP contribution is -2.38. The van der Waals surface area contributed by atoms with Crippen molar-refractivity contribution >= 4 is 0 Å². The van der Waals surface area contributed by atoms with E-state index in [1.165, 1.54) is 12.1 Å². The highest BCUT2D eigenvalue weighted by molar-refractivity contribution is 5.51. The fourth-order valence-corrected chi connectivity index (χ4v) is 3.53. The van der Waals surface area contributed by atoms with Gasteiger partial charge >= 0.3 is 0 Å². The fraction of sp³-hybridized carbons (Fsp3) is 0.455. The number of nitrogens with zero attached hydrogens (tertiary/aromatic N) is 1. The van der Waals surface area contributed by atoms with Gasteiger partial charge < -0.3 is 10.2 Å². The first kappa shape index (κ1) is 16.5. The number of aromatic hydroxyl groups is 2. The van der Waals surface area contributed by atoms with Gasteiger partial charge in [0.1, 0.15) is 11.5 Å². The van der Waals surface area contributed by atoms with Crippen LogP contribution in [0.15, 0.2) is 42.5 Å². The van der Waals surface area contributed by atoms with E-state index in [0.29, 0.717) is 17.6 Å². The van der Waals surface area contributed by atoms with E-state index in [0.717, 1.165) is 18.5 Å². The van der Waals surface area contributed by atoms with Gasteiger partial charge in [-0.1, -0.05) is 30.3 Å². The lowest BCUT2D eigenvalue weighted by Gasteiger charge is -2.32. The van der Waals surface area contributed by atoms with Gasteiger partial charge in [0.2, 0.25) is 0 Å². The molecule has 2 aromatic carbocycles. The van der Waals surface area contributed by atoms with E-state index in [2.05, 4.69) is 32.6 Å². The number of hydrogen-bond donors (Lipinski definition) is 2. The standard InChI is InChI=1S/C22H31NO2/c1-15(2)23(16(3)4)14-13-19(18-9-7-6-8-10-18)22-17(5)20(24)11-12-21(22)25/h6-12,15-16,19,24-25H,13-14H2,1-5H3/i5D2. The molecule has 2 N–H and O–H groups in total. The summed E-state index contributed by atoms with van der Waals surface area (Å²) < 4.78 is 15.8. The summed E-state index contributed by atoms with van der Waals surface area (Å²) in [5, 5.41) is 20.9. The predicted octanol–water partition coefficient (Wildman–Crippen LogP) is 5.05. The Morgan fingerprint density at radius 1 is 0.920 bits per heavy atom. The highest BCUT2D eigenvalue weighted by atomic mass is 16.3. The molecule has 1 unspecified atom stereocenters. The summed E-state index contributed by atoms with van der Waals surface area (Å²) in [6, 6.07) is 13.4. The van der Waals surface area contributed by atoms with E-state index < -0.39 is 6.88 Å². The predicted molar refractivity (Wildman–Crippen MR) is 104 cm³/mol. The molecular weight excluding hydrogens is 310 g/mol. The van der Waals surface area contributed by atoms with E-state index >= 15 is 0 Å². The molecule has 0 aromatic heterocycles. The van der Waals surface area contributed by atoms with Crippen molar-refractivity contribution in [2.75, 3.05) is 6.54 Å². The quantitative estimate of drug-likeness (QED) is 0.692. The first-order valence-electron chi connectivity index (χ1n) is 10.1. The van der Waals surface area contributed by atoms with Crippen LogP contribution in [0.3, 0.4) is 0 Å². The van der Waals surface area contributed by atoms with Gasteiger partial charge in [0.15, 0.2) is 0 Å². The Morgan fingerprint density at radius 3 is 2.08 bits per heavy atom. The van der Waals surface area contributed by atoms with Gasteiger partial charge in [0, 0.05) is 26.3 Å². The third-order valence-electron chi connectivity index (χ3n) is 4.79. The van der Waals surface area contributed by atoms with Crippen LogP contribution in [0.4, 0.5) is 0 Å². The molecule has 0 heterocycles. The molecule has 0 saturated carbocycles. The molecule has 2 aromatic rings. The van der Waals surface area contributed by atoms with Crippen molar-refractivity contribution in [3.05, 3.63) is 59.2 Å². The maximum atomic E-state index is 10.6. The Bertz CT molecular complexity index is 725. The summed E-state index contributed by atoms with van der Waals surface area (Å²) in [5.41, 5.74) is 1.68. The molecule has 0 amide bonds. The topological polar surface area (TPSA) is 43.7 Å².